The molecule has 0 aromatic rings. The maximum atomic E-state index is 2.33. The van der Waals surface area contributed by atoms with Crippen LogP contribution >= 0.6 is 0 Å². The molecule has 0 N–H and O–H groups in total. The van der Waals surface area contributed by atoms with Gasteiger partial charge in [-0.25, -0.2) is 0 Å². The molecule has 0 saturated carbocycles. The lowest BCUT2D eigenvalue weighted by atomic mass is 9.99. The van der Waals surface area contributed by atoms with E-state index in [1.165, 1.54) is 57.8 Å². The van der Waals surface area contributed by atoms with E-state index in [0.29, 0.717) is 0 Å². The van der Waals surface area contributed by atoms with Crippen molar-refractivity contribution in [1.29, 1.82) is 0 Å². The van der Waals surface area contributed by atoms with Crippen molar-refractivity contribution in [3.63, 3.8) is 0 Å². The quantitative estimate of drug-likeness (QED) is 0.329. The van der Waals surface area contributed by atoms with Gasteiger partial charge in [0.05, 0.1) is 0 Å². The molecule has 0 amide bonds. The highest BCUT2D eigenvalue weighted by Crippen LogP contribution is 2.18. The molecule has 0 radical (unpaired) electrons. The van der Waals surface area contributed by atoms with E-state index >= 15 is 0 Å². The Balaban J connectivity index is 3.62. The molecule has 0 aliphatic rings. The summed E-state index contributed by atoms with van der Waals surface area (Å²) in [5, 5.41) is 0. The largest absolute Gasteiger partial charge is 0.0744 e. The number of rotatable bonds is 9. The second-order valence-electron chi connectivity index (χ2n) is 4.83. The molecule has 90 valence electrons. The van der Waals surface area contributed by atoms with Gasteiger partial charge < -0.3 is 0 Å². The Morgan fingerprint density at radius 2 is 1.00 bits per heavy atom. The first kappa shape index (κ1) is 14.7. The summed E-state index contributed by atoms with van der Waals surface area (Å²) < 4.78 is 0. The van der Waals surface area contributed by atoms with Crippen LogP contribution in [0.1, 0.15) is 85.5 Å². The minimum absolute atomic E-state index is 1.33. The fourth-order valence-electron chi connectivity index (χ4n) is 1.88. The van der Waals surface area contributed by atoms with Crippen LogP contribution in [0.4, 0.5) is 0 Å². The maximum absolute atomic E-state index is 2.33. The zero-order valence-corrected chi connectivity index (χ0v) is 11.4. The summed E-state index contributed by atoms with van der Waals surface area (Å²) in [5.41, 5.74) is 3.31. The number of hydrogen-bond donors (Lipinski definition) is 0. The molecule has 0 aliphatic carbocycles. The summed E-state index contributed by atoms with van der Waals surface area (Å²) >= 11 is 0. The lowest BCUT2D eigenvalue weighted by molar-refractivity contribution is 0.655. The third-order valence-corrected chi connectivity index (χ3v) is 3.29. The van der Waals surface area contributed by atoms with Crippen molar-refractivity contribution in [2.24, 2.45) is 0 Å². The Kier molecular flexibility index (Phi) is 10.1. The molecule has 0 unspecified atom stereocenters. The molecule has 0 bridgehead atoms. The zero-order chi connectivity index (χ0) is 11.5. The second kappa shape index (κ2) is 10.3. The van der Waals surface area contributed by atoms with E-state index < -0.39 is 0 Å². The van der Waals surface area contributed by atoms with E-state index in [9.17, 15) is 0 Å². The van der Waals surface area contributed by atoms with Crippen molar-refractivity contribution in [1.82, 2.24) is 0 Å². The predicted molar refractivity (Wildman–Crippen MR) is 71.3 cm³/mol. The van der Waals surface area contributed by atoms with Crippen molar-refractivity contribution in [2.45, 2.75) is 85.5 Å². The Morgan fingerprint density at radius 1 is 0.600 bits per heavy atom. The molecule has 0 fully saturated rings. The van der Waals surface area contributed by atoms with Gasteiger partial charge in [-0.2, -0.15) is 0 Å². The van der Waals surface area contributed by atoms with Crippen LogP contribution in [0.3, 0.4) is 0 Å². The highest BCUT2D eigenvalue weighted by Gasteiger charge is 1.97. The third-order valence-electron chi connectivity index (χ3n) is 3.29. The fraction of sp³-hybridized carbons (Fsp3) is 0.867. The Bertz CT molecular complexity index is 165. The molecule has 0 rings (SSSR count). The summed E-state index contributed by atoms with van der Waals surface area (Å²) in [6, 6.07) is 0. The molecule has 0 aliphatic heterocycles. The fourth-order valence-corrected chi connectivity index (χ4v) is 1.88. The molecule has 0 saturated heterocycles. The van der Waals surface area contributed by atoms with Gasteiger partial charge in [0.25, 0.3) is 0 Å². The van der Waals surface area contributed by atoms with E-state index in [0.717, 1.165) is 0 Å². The molecular formula is C15H30. The molecule has 0 aromatic heterocycles. The Labute approximate surface area is 97.2 Å². The normalized spacial score (nSPS) is 12.8. The number of allylic oxidation sites excluding steroid dienone is 2. The maximum Gasteiger partial charge on any atom is -0.0320 e. The molecular weight excluding hydrogens is 180 g/mol. The molecule has 0 nitrogen and oxygen atoms in total. The minimum Gasteiger partial charge on any atom is -0.0744 e. The molecule has 0 atom stereocenters. The number of hydrogen-bond acceptors (Lipinski definition) is 0. The van der Waals surface area contributed by atoms with E-state index in [2.05, 4.69) is 27.7 Å². The molecule has 0 heteroatoms. The highest BCUT2D eigenvalue weighted by molar-refractivity contribution is 5.09. The third kappa shape index (κ3) is 8.72. The van der Waals surface area contributed by atoms with Gasteiger partial charge in [-0.15, -0.1) is 0 Å². The minimum atomic E-state index is 1.33. The van der Waals surface area contributed by atoms with Gasteiger partial charge in [0, 0.05) is 0 Å². The Morgan fingerprint density at radius 3 is 1.47 bits per heavy atom. The lowest BCUT2D eigenvalue weighted by Gasteiger charge is -2.07. The van der Waals surface area contributed by atoms with E-state index in [4.69, 9.17) is 0 Å². The van der Waals surface area contributed by atoms with Crippen molar-refractivity contribution < 1.29 is 0 Å². The summed E-state index contributed by atoms with van der Waals surface area (Å²) in [7, 11) is 0. The second-order valence-corrected chi connectivity index (χ2v) is 4.83. The SMILES string of the molecule is CCCCCC/C(C)=C(/C)CCCCC. The van der Waals surface area contributed by atoms with Crippen LogP contribution in [0.25, 0.3) is 0 Å². The van der Waals surface area contributed by atoms with Crippen LogP contribution < -0.4 is 0 Å². The van der Waals surface area contributed by atoms with Crippen molar-refractivity contribution in [3.8, 4) is 0 Å². The number of unbranched alkanes of at least 4 members (excludes halogenated alkanes) is 5. The van der Waals surface area contributed by atoms with E-state index in [1.807, 2.05) is 0 Å². The average Bonchev–Trinajstić information content (AvgIpc) is 2.24. The Hall–Kier alpha value is -0.260. The summed E-state index contributed by atoms with van der Waals surface area (Å²) in [6.07, 6.45) is 12.3. The van der Waals surface area contributed by atoms with E-state index in [1.54, 1.807) is 11.1 Å². The molecule has 0 aromatic carbocycles. The van der Waals surface area contributed by atoms with Crippen LogP contribution in [0, 0.1) is 0 Å². The van der Waals surface area contributed by atoms with Crippen LogP contribution in [-0.4, -0.2) is 0 Å². The zero-order valence-electron chi connectivity index (χ0n) is 11.4. The van der Waals surface area contributed by atoms with Gasteiger partial charge in [0.1, 0.15) is 0 Å². The van der Waals surface area contributed by atoms with Crippen LogP contribution in [0.15, 0.2) is 11.1 Å². The first-order chi connectivity index (χ1) is 7.22. The van der Waals surface area contributed by atoms with Gasteiger partial charge in [-0.3, -0.25) is 0 Å². The van der Waals surface area contributed by atoms with Crippen molar-refractivity contribution >= 4 is 0 Å². The topological polar surface area (TPSA) is 0 Å². The first-order valence-corrected chi connectivity index (χ1v) is 6.87. The monoisotopic (exact) mass is 210 g/mol. The van der Waals surface area contributed by atoms with Crippen LogP contribution in [-0.2, 0) is 0 Å². The standard InChI is InChI=1S/C15H30/c1-5-7-9-11-13-15(4)14(3)12-10-8-6-2/h5-13H2,1-4H3/b15-14-. The lowest BCUT2D eigenvalue weighted by Crippen LogP contribution is -1.87. The summed E-state index contributed by atoms with van der Waals surface area (Å²) in [4.78, 5) is 0. The van der Waals surface area contributed by atoms with Gasteiger partial charge in [0.15, 0.2) is 0 Å². The first-order valence-electron chi connectivity index (χ1n) is 6.87. The van der Waals surface area contributed by atoms with Crippen LogP contribution in [0.2, 0.25) is 0 Å². The predicted octanol–water partition coefficient (Wildman–Crippen LogP) is 5.87. The molecule has 0 spiro atoms. The van der Waals surface area contributed by atoms with Gasteiger partial charge in [-0.05, 0) is 39.5 Å². The smallest absolute Gasteiger partial charge is 0.0320 e. The molecule has 0 heterocycles. The van der Waals surface area contributed by atoms with Gasteiger partial charge in [-0.1, -0.05) is 57.1 Å². The van der Waals surface area contributed by atoms with Crippen molar-refractivity contribution in [2.75, 3.05) is 0 Å². The van der Waals surface area contributed by atoms with Crippen molar-refractivity contribution in [3.05, 3.63) is 11.1 Å². The van der Waals surface area contributed by atoms with E-state index in [-0.39, 0.29) is 0 Å². The average molecular weight is 210 g/mol. The highest BCUT2D eigenvalue weighted by atomic mass is 14.0. The molecule has 15 heavy (non-hydrogen) atoms. The summed E-state index contributed by atoms with van der Waals surface area (Å²) in [6.45, 7) is 9.20. The van der Waals surface area contributed by atoms with Gasteiger partial charge >= 0.3 is 0 Å². The van der Waals surface area contributed by atoms with Crippen LogP contribution in [0.5, 0.6) is 0 Å². The van der Waals surface area contributed by atoms with Gasteiger partial charge in [0.2, 0.25) is 0 Å². The summed E-state index contributed by atoms with van der Waals surface area (Å²) in [5.74, 6) is 0.